The average Bonchev–Trinajstić information content (AvgIpc) is 2.99. The van der Waals surface area contributed by atoms with E-state index < -0.39 is 0 Å². The largest absolute Gasteiger partial charge is 0.341 e. The Morgan fingerprint density at radius 2 is 1.96 bits per heavy atom. The van der Waals surface area contributed by atoms with Crippen molar-refractivity contribution in [2.45, 2.75) is 32.4 Å². The Hall–Kier alpha value is -2.37. The van der Waals surface area contributed by atoms with Crippen LogP contribution < -0.4 is 10.6 Å². The summed E-state index contributed by atoms with van der Waals surface area (Å²) in [4.78, 5) is 25.2. The Labute approximate surface area is 164 Å². The number of likely N-dealkylation sites (tertiary alicyclic amines) is 1. The standard InChI is InChI=1S/C21H24ClN3O2/c1-15(26)24-19-7-5-17(6-8-19)13-23-20-12-21(27)25(14-20)10-9-16-3-2-4-18(22)11-16/h2-8,11,20,23H,9-10,12-14H2,1H3,(H,24,26). The fraction of sp³-hybridized carbons (Fsp3) is 0.333. The normalized spacial score (nSPS) is 16.6. The highest BCUT2D eigenvalue weighted by atomic mass is 35.5. The Balaban J connectivity index is 1.45. The summed E-state index contributed by atoms with van der Waals surface area (Å²) in [5.74, 6) is 0.110. The molecule has 2 N–H and O–H groups in total. The monoisotopic (exact) mass is 385 g/mol. The predicted molar refractivity (Wildman–Crippen MR) is 108 cm³/mol. The summed E-state index contributed by atoms with van der Waals surface area (Å²) in [5, 5.41) is 6.93. The van der Waals surface area contributed by atoms with E-state index in [1.807, 2.05) is 53.4 Å². The molecule has 0 saturated carbocycles. The molecule has 0 bridgehead atoms. The van der Waals surface area contributed by atoms with E-state index >= 15 is 0 Å². The van der Waals surface area contributed by atoms with Gasteiger partial charge in [0.2, 0.25) is 11.8 Å². The Morgan fingerprint density at radius 3 is 2.67 bits per heavy atom. The fourth-order valence-corrected chi connectivity index (χ4v) is 3.47. The average molecular weight is 386 g/mol. The van der Waals surface area contributed by atoms with Gasteiger partial charge in [0.15, 0.2) is 0 Å². The lowest BCUT2D eigenvalue weighted by Crippen LogP contribution is -2.33. The molecule has 0 radical (unpaired) electrons. The molecular weight excluding hydrogens is 362 g/mol. The third kappa shape index (κ3) is 5.81. The number of hydrogen-bond donors (Lipinski definition) is 2. The van der Waals surface area contributed by atoms with Gasteiger partial charge in [-0.05, 0) is 41.8 Å². The number of carbonyl (C=O) groups is 2. The summed E-state index contributed by atoms with van der Waals surface area (Å²) < 4.78 is 0. The maximum atomic E-state index is 12.3. The van der Waals surface area contributed by atoms with Gasteiger partial charge < -0.3 is 15.5 Å². The molecule has 1 atom stereocenters. The van der Waals surface area contributed by atoms with E-state index in [1.54, 1.807) is 0 Å². The van der Waals surface area contributed by atoms with Crippen LogP contribution in [-0.4, -0.2) is 35.8 Å². The lowest BCUT2D eigenvalue weighted by atomic mass is 10.1. The van der Waals surface area contributed by atoms with Crippen LogP contribution in [0.5, 0.6) is 0 Å². The third-order valence-electron chi connectivity index (χ3n) is 4.64. The van der Waals surface area contributed by atoms with E-state index in [9.17, 15) is 9.59 Å². The van der Waals surface area contributed by atoms with Gasteiger partial charge in [-0.15, -0.1) is 0 Å². The number of anilines is 1. The quantitative estimate of drug-likeness (QED) is 0.769. The van der Waals surface area contributed by atoms with Crippen LogP contribution in [0.4, 0.5) is 5.69 Å². The van der Waals surface area contributed by atoms with Gasteiger partial charge in [0.1, 0.15) is 0 Å². The van der Waals surface area contributed by atoms with Crippen LogP contribution in [0.15, 0.2) is 48.5 Å². The molecule has 2 aromatic carbocycles. The zero-order valence-electron chi connectivity index (χ0n) is 15.4. The third-order valence-corrected chi connectivity index (χ3v) is 4.88. The number of nitrogens with one attached hydrogen (secondary N) is 2. The molecule has 0 aliphatic carbocycles. The van der Waals surface area contributed by atoms with Crippen molar-refractivity contribution in [1.29, 1.82) is 0 Å². The predicted octanol–water partition coefficient (Wildman–Crippen LogP) is 3.23. The molecule has 1 fully saturated rings. The molecule has 0 aromatic heterocycles. The molecule has 1 heterocycles. The molecular formula is C21H24ClN3O2. The van der Waals surface area contributed by atoms with Crippen LogP contribution in [0.1, 0.15) is 24.5 Å². The molecule has 6 heteroatoms. The van der Waals surface area contributed by atoms with Crippen molar-refractivity contribution in [2.24, 2.45) is 0 Å². The van der Waals surface area contributed by atoms with Crippen molar-refractivity contribution in [2.75, 3.05) is 18.4 Å². The van der Waals surface area contributed by atoms with E-state index in [-0.39, 0.29) is 17.9 Å². The van der Waals surface area contributed by atoms with E-state index in [0.717, 1.165) is 34.8 Å². The summed E-state index contributed by atoms with van der Waals surface area (Å²) in [6, 6.07) is 15.7. The van der Waals surface area contributed by atoms with Crippen molar-refractivity contribution >= 4 is 29.1 Å². The maximum Gasteiger partial charge on any atom is 0.224 e. The fourth-order valence-electron chi connectivity index (χ4n) is 3.25. The minimum atomic E-state index is -0.0804. The van der Waals surface area contributed by atoms with Crippen LogP contribution in [0.3, 0.4) is 0 Å². The van der Waals surface area contributed by atoms with Crippen molar-refractivity contribution in [1.82, 2.24) is 10.2 Å². The smallest absolute Gasteiger partial charge is 0.224 e. The SMILES string of the molecule is CC(=O)Nc1ccc(CNC2CC(=O)N(CCc3cccc(Cl)c3)C2)cc1. The number of amides is 2. The Bertz CT molecular complexity index is 807. The van der Waals surface area contributed by atoms with Gasteiger partial charge in [-0.25, -0.2) is 0 Å². The van der Waals surface area contributed by atoms with Gasteiger partial charge in [0.25, 0.3) is 0 Å². The summed E-state index contributed by atoms with van der Waals surface area (Å²) in [5.41, 5.74) is 3.05. The maximum absolute atomic E-state index is 12.3. The van der Waals surface area contributed by atoms with Crippen molar-refractivity contribution in [3.8, 4) is 0 Å². The highest BCUT2D eigenvalue weighted by molar-refractivity contribution is 6.30. The zero-order chi connectivity index (χ0) is 19.2. The first-order valence-corrected chi connectivity index (χ1v) is 9.49. The number of hydrogen-bond acceptors (Lipinski definition) is 3. The van der Waals surface area contributed by atoms with Gasteiger partial charge in [0.05, 0.1) is 0 Å². The van der Waals surface area contributed by atoms with Gasteiger partial charge >= 0.3 is 0 Å². The molecule has 1 saturated heterocycles. The summed E-state index contributed by atoms with van der Waals surface area (Å²) in [6.07, 6.45) is 1.34. The first-order valence-electron chi connectivity index (χ1n) is 9.12. The minimum absolute atomic E-state index is 0.0804. The van der Waals surface area contributed by atoms with Gasteiger partial charge in [-0.1, -0.05) is 35.9 Å². The van der Waals surface area contributed by atoms with E-state index in [0.29, 0.717) is 19.5 Å². The summed E-state index contributed by atoms with van der Waals surface area (Å²) in [6.45, 7) is 3.62. The van der Waals surface area contributed by atoms with Crippen LogP contribution in [-0.2, 0) is 22.6 Å². The first-order chi connectivity index (χ1) is 13.0. The molecule has 1 unspecified atom stereocenters. The molecule has 2 amide bonds. The highest BCUT2D eigenvalue weighted by Gasteiger charge is 2.28. The van der Waals surface area contributed by atoms with Crippen LogP contribution in [0.25, 0.3) is 0 Å². The van der Waals surface area contributed by atoms with Crippen molar-refractivity contribution < 1.29 is 9.59 Å². The first kappa shape index (κ1) is 19.4. The molecule has 1 aliphatic heterocycles. The van der Waals surface area contributed by atoms with Crippen LogP contribution in [0.2, 0.25) is 5.02 Å². The van der Waals surface area contributed by atoms with Crippen molar-refractivity contribution in [3.63, 3.8) is 0 Å². The number of rotatable bonds is 7. The molecule has 3 rings (SSSR count). The van der Waals surface area contributed by atoms with Crippen LogP contribution >= 0.6 is 11.6 Å². The number of carbonyl (C=O) groups excluding carboxylic acids is 2. The minimum Gasteiger partial charge on any atom is -0.341 e. The Morgan fingerprint density at radius 1 is 1.19 bits per heavy atom. The highest BCUT2D eigenvalue weighted by Crippen LogP contribution is 2.16. The second-order valence-corrected chi connectivity index (χ2v) is 7.32. The molecule has 27 heavy (non-hydrogen) atoms. The van der Waals surface area contributed by atoms with E-state index in [4.69, 9.17) is 11.6 Å². The lowest BCUT2D eigenvalue weighted by Gasteiger charge is -2.17. The van der Waals surface area contributed by atoms with E-state index in [2.05, 4.69) is 10.6 Å². The molecule has 2 aromatic rings. The second-order valence-electron chi connectivity index (χ2n) is 6.88. The summed E-state index contributed by atoms with van der Waals surface area (Å²) in [7, 11) is 0. The summed E-state index contributed by atoms with van der Waals surface area (Å²) >= 11 is 6.01. The second kappa shape index (κ2) is 9.02. The van der Waals surface area contributed by atoms with Crippen molar-refractivity contribution in [3.05, 3.63) is 64.7 Å². The number of halogens is 1. The topological polar surface area (TPSA) is 61.4 Å². The lowest BCUT2D eigenvalue weighted by molar-refractivity contribution is -0.127. The number of benzene rings is 2. The van der Waals surface area contributed by atoms with Gasteiger partial charge in [0, 0.05) is 49.7 Å². The molecule has 142 valence electrons. The zero-order valence-corrected chi connectivity index (χ0v) is 16.1. The van der Waals surface area contributed by atoms with Gasteiger partial charge in [-0.3, -0.25) is 9.59 Å². The van der Waals surface area contributed by atoms with Gasteiger partial charge in [-0.2, -0.15) is 0 Å². The Kier molecular flexibility index (Phi) is 6.48. The molecule has 5 nitrogen and oxygen atoms in total. The molecule has 1 aliphatic rings. The van der Waals surface area contributed by atoms with Crippen LogP contribution in [0, 0.1) is 0 Å². The number of nitrogens with zero attached hydrogens (tertiary/aromatic N) is 1. The van der Waals surface area contributed by atoms with E-state index in [1.165, 1.54) is 6.92 Å². The molecule has 0 spiro atoms.